The fraction of sp³-hybridized carbons (Fsp3) is 0.538. The third-order valence-electron chi connectivity index (χ3n) is 2.59. The number of hydrogen-bond donors (Lipinski definition) is 3. The largest absolute Gasteiger partial charge is 0.481 e. The summed E-state index contributed by atoms with van der Waals surface area (Å²) in [5.74, 6) is 0.0672. The maximum Gasteiger partial charge on any atom is 0.314 e. The molecule has 2 amide bonds. The number of carbonyl (C=O) groups excluding carboxylic acids is 1. The third-order valence-corrected chi connectivity index (χ3v) is 2.59. The van der Waals surface area contributed by atoms with E-state index in [0.717, 1.165) is 18.6 Å². The molecule has 0 fully saturated rings. The van der Waals surface area contributed by atoms with Crippen LogP contribution in [0.25, 0.3) is 0 Å². The summed E-state index contributed by atoms with van der Waals surface area (Å²) in [4.78, 5) is 21.6. The first-order valence-electron chi connectivity index (χ1n) is 6.44. The molecule has 0 saturated heterocycles. The van der Waals surface area contributed by atoms with Crippen molar-refractivity contribution in [2.24, 2.45) is 0 Å². The summed E-state index contributed by atoms with van der Waals surface area (Å²) in [5.41, 5.74) is 0. The topological polar surface area (TPSA) is 91.6 Å². The Hall–Kier alpha value is -1.98. The molecule has 6 nitrogen and oxygen atoms in total. The van der Waals surface area contributed by atoms with Crippen molar-refractivity contribution in [2.45, 2.75) is 32.1 Å². The molecule has 0 radical (unpaired) electrons. The summed E-state index contributed by atoms with van der Waals surface area (Å²) in [6, 6.07) is 3.47. The summed E-state index contributed by atoms with van der Waals surface area (Å²) < 4.78 is 5.14. The van der Waals surface area contributed by atoms with Gasteiger partial charge in [0, 0.05) is 25.9 Å². The second-order valence-electron chi connectivity index (χ2n) is 4.22. The van der Waals surface area contributed by atoms with Crippen molar-refractivity contribution in [1.29, 1.82) is 0 Å². The van der Waals surface area contributed by atoms with Crippen molar-refractivity contribution in [3.05, 3.63) is 24.2 Å². The van der Waals surface area contributed by atoms with Crippen molar-refractivity contribution >= 4 is 12.0 Å². The van der Waals surface area contributed by atoms with E-state index in [1.807, 2.05) is 12.1 Å². The minimum Gasteiger partial charge on any atom is -0.481 e. The molecule has 106 valence electrons. The van der Waals surface area contributed by atoms with E-state index in [9.17, 15) is 9.59 Å². The second kappa shape index (κ2) is 9.02. The number of hydrogen-bond acceptors (Lipinski definition) is 3. The van der Waals surface area contributed by atoms with E-state index in [1.165, 1.54) is 0 Å². The number of nitrogens with one attached hydrogen (secondary N) is 2. The zero-order valence-electron chi connectivity index (χ0n) is 10.9. The van der Waals surface area contributed by atoms with E-state index in [1.54, 1.807) is 6.26 Å². The van der Waals surface area contributed by atoms with Crippen LogP contribution in [0.15, 0.2) is 22.8 Å². The number of furan rings is 1. The smallest absolute Gasteiger partial charge is 0.314 e. The van der Waals surface area contributed by atoms with Gasteiger partial charge < -0.3 is 20.2 Å². The van der Waals surface area contributed by atoms with Gasteiger partial charge in [-0.1, -0.05) is 6.42 Å². The number of unbranched alkanes of at least 4 members (excludes halogenated alkanes) is 2. The van der Waals surface area contributed by atoms with E-state index in [0.29, 0.717) is 25.9 Å². The van der Waals surface area contributed by atoms with E-state index < -0.39 is 5.97 Å². The lowest BCUT2D eigenvalue weighted by molar-refractivity contribution is -0.137. The Bertz CT molecular complexity index is 376. The van der Waals surface area contributed by atoms with Gasteiger partial charge in [-0.05, 0) is 25.0 Å². The lowest BCUT2D eigenvalue weighted by Gasteiger charge is -2.06. The molecule has 0 bridgehead atoms. The SMILES string of the molecule is O=C(O)CCCCCNC(=O)NCCc1ccco1. The monoisotopic (exact) mass is 268 g/mol. The first-order valence-corrected chi connectivity index (χ1v) is 6.44. The van der Waals surface area contributed by atoms with Gasteiger partial charge in [0.25, 0.3) is 0 Å². The van der Waals surface area contributed by atoms with E-state index in [2.05, 4.69) is 10.6 Å². The summed E-state index contributed by atoms with van der Waals surface area (Å²) in [6.07, 6.45) is 4.70. The lowest BCUT2D eigenvalue weighted by atomic mass is 10.2. The standard InChI is InChI=1S/C13H20N2O4/c16-12(17)6-2-1-3-8-14-13(18)15-9-7-11-5-4-10-19-11/h4-5,10H,1-3,6-9H2,(H,16,17)(H2,14,15,18). The Labute approximate surface area is 112 Å². The average Bonchev–Trinajstić information content (AvgIpc) is 2.86. The van der Waals surface area contributed by atoms with Crippen LogP contribution in [-0.2, 0) is 11.2 Å². The number of urea groups is 1. The van der Waals surface area contributed by atoms with Gasteiger partial charge in [-0.3, -0.25) is 4.79 Å². The van der Waals surface area contributed by atoms with Crippen LogP contribution >= 0.6 is 0 Å². The zero-order valence-corrected chi connectivity index (χ0v) is 10.9. The van der Waals surface area contributed by atoms with Crippen molar-refractivity contribution in [1.82, 2.24) is 10.6 Å². The van der Waals surface area contributed by atoms with Crippen molar-refractivity contribution < 1.29 is 19.1 Å². The van der Waals surface area contributed by atoms with Crippen LogP contribution in [-0.4, -0.2) is 30.2 Å². The molecule has 3 N–H and O–H groups in total. The van der Waals surface area contributed by atoms with Crippen LogP contribution < -0.4 is 10.6 Å². The molecule has 0 spiro atoms. The lowest BCUT2D eigenvalue weighted by Crippen LogP contribution is -2.37. The fourth-order valence-electron chi connectivity index (χ4n) is 1.60. The van der Waals surface area contributed by atoms with Gasteiger partial charge in [0.2, 0.25) is 0 Å². The third kappa shape index (κ3) is 7.86. The zero-order chi connectivity index (χ0) is 13.9. The van der Waals surface area contributed by atoms with E-state index in [4.69, 9.17) is 9.52 Å². The maximum absolute atomic E-state index is 11.4. The van der Waals surface area contributed by atoms with Gasteiger partial charge in [0.05, 0.1) is 6.26 Å². The van der Waals surface area contributed by atoms with Crippen LogP contribution in [0.4, 0.5) is 4.79 Å². The first-order chi connectivity index (χ1) is 9.18. The molecule has 0 aliphatic carbocycles. The summed E-state index contributed by atoms with van der Waals surface area (Å²) in [6.45, 7) is 1.09. The number of carboxylic acid groups (broad SMARTS) is 1. The highest BCUT2D eigenvalue weighted by molar-refractivity contribution is 5.73. The molecule has 0 saturated carbocycles. The molecule has 0 aromatic carbocycles. The van der Waals surface area contributed by atoms with Crippen LogP contribution in [0.3, 0.4) is 0 Å². The van der Waals surface area contributed by atoms with Crippen molar-refractivity contribution in [3.63, 3.8) is 0 Å². The molecular weight excluding hydrogens is 248 g/mol. The molecule has 19 heavy (non-hydrogen) atoms. The first kappa shape index (κ1) is 15.1. The Balaban J connectivity index is 1.92. The molecule has 0 atom stereocenters. The van der Waals surface area contributed by atoms with Gasteiger partial charge in [0.1, 0.15) is 5.76 Å². The van der Waals surface area contributed by atoms with Crippen LogP contribution in [0, 0.1) is 0 Å². The van der Waals surface area contributed by atoms with E-state index in [-0.39, 0.29) is 12.5 Å². The highest BCUT2D eigenvalue weighted by Gasteiger charge is 2.01. The molecule has 1 aromatic heterocycles. The van der Waals surface area contributed by atoms with Gasteiger partial charge in [-0.2, -0.15) is 0 Å². The number of carboxylic acids is 1. The fourth-order valence-corrected chi connectivity index (χ4v) is 1.60. The summed E-state index contributed by atoms with van der Waals surface area (Å²) in [5, 5.41) is 13.9. The van der Waals surface area contributed by atoms with Gasteiger partial charge in [0.15, 0.2) is 0 Å². The predicted molar refractivity (Wildman–Crippen MR) is 69.9 cm³/mol. The Kier molecular flexibility index (Phi) is 7.16. The Morgan fingerprint density at radius 2 is 1.95 bits per heavy atom. The van der Waals surface area contributed by atoms with Crippen molar-refractivity contribution in [3.8, 4) is 0 Å². The number of carbonyl (C=O) groups is 2. The predicted octanol–water partition coefficient (Wildman–Crippen LogP) is 1.77. The van der Waals surface area contributed by atoms with Gasteiger partial charge in [-0.25, -0.2) is 4.79 Å². The normalized spacial score (nSPS) is 10.1. The van der Waals surface area contributed by atoms with Gasteiger partial charge >= 0.3 is 12.0 Å². The molecular formula is C13H20N2O4. The van der Waals surface area contributed by atoms with Crippen molar-refractivity contribution in [2.75, 3.05) is 13.1 Å². The highest BCUT2D eigenvalue weighted by atomic mass is 16.4. The molecule has 1 heterocycles. The average molecular weight is 268 g/mol. The molecule has 1 aromatic rings. The Morgan fingerprint density at radius 3 is 2.63 bits per heavy atom. The van der Waals surface area contributed by atoms with E-state index >= 15 is 0 Å². The second-order valence-corrected chi connectivity index (χ2v) is 4.22. The molecule has 0 unspecified atom stereocenters. The summed E-state index contributed by atoms with van der Waals surface area (Å²) in [7, 11) is 0. The highest BCUT2D eigenvalue weighted by Crippen LogP contribution is 2.00. The minimum atomic E-state index is -0.774. The maximum atomic E-state index is 11.4. The molecule has 0 aliphatic rings. The van der Waals surface area contributed by atoms with Gasteiger partial charge in [-0.15, -0.1) is 0 Å². The molecule has 0 aliphatic heterocycles. The number of aliphatic carboxylic acids is 1. The number of rotatable bonds is 9. The minimum absolute atomic E-state index is 0.190. The Morgan fingerprint density at radius 1 is 1.16 bits per heavy atom. The van der Waals surface area contributed by atoms with Crippen LogP contribution in [0.1, 0.15) is 31.4 Å². The molecule has 6 heteroatoms. The van der Waals surface area contributed by atoms with Crippen LogP contribution in [0.5, 0.6) is 0 Å². The summed E-state index contributed by atoms with van der Waals surface area (Å²) >= 11 is 0. The van der Waals surface area contributed by atoms with Crippen LogP contribution in [0.2, 0.25) is 0 Å². The quantitative estimate of drug-likeness (QED) is 0.595. The number of amides is 2. The molecule has 1 rings (SSSR count).